The number of hydrogen-bond acceptors (Lipinski definition) is 3. The highest BCUT2D eigenvalue weighted by Gasteiger charge is 2.20. The van der Waals surface area contributed by atoms with E-state index in [1.807, 2.05) is 0 Å². The smallest absolute Gasteiger partial charge is 0.418 e. The van der Waals surface area contributed by atoms with Gasteiger partial charge < -0.3 is 21.8 Å². The molecule has 0 aliphatic heterocycles. The van der Waals surface area contributed by atoms with Crippen LogP contribution in [0.3, 0.4) is 0 Å². The Balaban J connectivity index is 0.000000292. The Kier molecular flexibility index (Phi) is 4.07. The first-order valence-corrected chi connectivity index (χ1v) is 3.41. The summed E-state index contributed by atoms with van der Waals surface area (Å²) in [7, 11) is -6.00. The van der Waals surface area contributed by atoms with E-state index in [-0.39, 0.29) is 0 Å². The zero-order valence-electron chi connectivity index (χ0n) is 7.34. The van der Waals surface area contributed by atoms with Gasteiger partial charge >= 0.3 is 12.9 Å². The molecule has 1 aromatic heterocycles. The van der Waals surface area contributed by atoms with Gasteiger partial charge in [-0.2, -0.15) is 0 Å². The summed E-state index contributed by atoms with van der Waals surface area (Å²) < 4.78 is 43.7. The molecule has 0 bridgehead atoms. The summed E-state index contributed by atoms with van der Waals surface area (Å²) in [4.78, 5) is 2.97. The molecule has 0 saturated heterocycles. The van der Waals surface area contributed by atoms with Gasteiger partial charge in [0.2, 0.25) is 11.2 Å². The third-order valence-corrected chi connectivity index (χ3v) is 1.10. The molecule has 0 saturated carbocycles. The van der Waals surface area contributed by atoms with E-state index in [9.17, 15) is 17.3 Å². The Morgan fingerprint density at radius 3 is 1.86 bits per heavy atom. The zero-order valence-corrected chi connectivity index (χ0v) is 7.34. The first-order valence-electron chi connectivity index (χ1n) is 3.41. The maximum Gasteiger partial charge on any atom is 0.673 e. The van der Waals surface area contributed by atoms with E-state index < -0.39 is 7.25 Å². The molecule has 78 valence electrons. The lowest BCUT2D eigenvalue weighted by atomic mass is 10.3. The molecule has 1 rings (SSSR count). The monoisotopic (exact) mass is 211 g/mol. The van der Waals surface area contributed by atoms with Gasteiger partial charge in [-0.3, -0.25) is 0 Å². The van der Waals surface area contributed by atoms with Gasteiger partial charge in [0.25, 0.3) is 0 Å². The van der Waals surface area contributed by atoms with Crippen LogP contribution in [0.4, 0.5) is 23.0 Å². The van der Waals surface area contributed by atoms with Crippen LogP contribution in [0.25, 0.3) is 4.98 Å². The molecule has 0 radical (unpaired) electrons. The van der Waals surface area contributed by atoms with Crippen LogP contribution in [0.15, 0.2) is 4.52 Å². The average molecular weight is 211 g/mol. The topological polar surface area (TPSA) is 54.2 Å². The molecule has 4 nitrogen and oxygen atoms in total. The van der Waals surface area contributed by atoms with Crippen LogP contribution >= 0.6 is 0 Å². The van der Waals surface area contributed by atoms with Crippen molar-refractivity contribution in [1.29, 1.82) is 5.39 Å². The molecule has 0 aliphatic carbocycles. The Hall–Kier alpha value is -1.59. The SMILES string of the molecule is Cc1noc(C)c1[N+]#N.F[B-](F)(F)F. The summed E-state index contributed by atoms with van der Waals surface area (Å²) in [5.41, 5.74) is 1.03. The van der Waals surface area contributed by atoms with Crippen molar-refractivity contribution < 1.29 is 21.8 Å². The minimum Gasteiger partial charge on any atom is -0.418 e. The molecule has 0 aromatic carbocycles. The molecule has 0 amide bonds. The molecule has 0 aliphatic rings. The molecule has 0 N–H and O–H groups in total. The van der Waals surface area contributed by atoms with Crippen LogP contribution in [-0.4, -0.2) is 12.4 Å². The number of diazo groups is 1. The lowest BCUT2D eigenvalue weighted by Crippen LogP contribution is -2.02. The largest absolute Gasteiger partial charge is 0.673 e. The zero-order chi connectivity index (χ0) is 11.4. The average Bonchev–Trinajstić information content (AvgIpc) is 2.27. The quantitative estimate of drug-likeness (QED) is 0.376. The van der Waals surface area contributed by atoms with E-state index in [4.69, 9.17) is 5.39 Å². The van der Waals surface area contributed by atoms with Gasteiger partial charge in [0.05, 0.1) is 0 Å². The van der Waals surface area contributed by atoms with Crippen LogP contribution in [0, 0.1) is 19.2 Å². The van der Waals surface area contributed by atoms with Gasteiger partial charge in [0.1, 0.15) is 0 Å². The summed E-state index contributed by atoms with van der Waals surface area (Å²) in [5.74, 6) is 0.537. The van der Waals surface area contributed by atoms with Gasteiger partial charge in [0, 0.05) is 6.92 Å². The van der Waals surface area contributed by atoms with Gasteiger partial charge in [0.15, 0.2) is 10.7 Å². The van der Waals surface area contributed by atoms with Crippen molar-refractivity contribution in [2.45, 2.75) is 13.8 Å². The molecule has 0 spiro atoms. The number of aryl methyl sites for hydroxylation is 2. The van der Waals surface area contributed by atoms with Crippen molar-refractivity contribution in [1.82, 2.24) is 5.16 Å². The second-order valence-corrected chi connectivity index (χ2v) is 2.27. The van der Waals surface area contributed by atoms with Crippen LogP contribution in [-0.2, 0) is 0 Å². The number of hydrogen-bond donors (Lipinski definition) is 0. The molecule has 0 unspecified atom stereocenters. The third kappa shape index (κ3) is 5.13. The maximum absolute atomic E-state index is 9.75. The second kappa shape index (κ2) is 4.60. The number of rotatable bonds is 0. The molecule has 0 atom stereocenters. The van der Waals surface area contributed by atoms with Gasteiger partial charge in [-0.25, -0.2) is 0 Å². The Bertz CT molecular complexity index is 316. The van der Waals surface area contributed by atoms with E-state index in [2.05, 4.69) is 14.7 Å². The highest BCUT2D eigenvalue weighted by molar-refractivity contribution is 6.50. The fraction of sp³-hybridized carbons (Fsp3) is 0.400. The standard InChI is InChI=1S/C5H6N3O.BF4/c1-3-5(7-6)4(2)9-8-3;2-1(3,4)5/h1-2H3;/q+1;-1. The number of nitrogens with zero attached hydrogens (tertiary/aromatic N) is 3. The van der Waals surface area contributed by atoms with Crippen molar-refractivity contribution in [2.75, 3.05) is 0 Å². The Labute approximate surface area is 76.6 Å². The van der Waals surface area contributed by atoms with Gasteiger partial charge in [-0.15, -0.1) is 0 Å². The van der Waals surface area contributed by atoms with Crippen LogP contribution in [0.2, 0.25) is 0 Å². The predicted octanol–water partition coefficient (Wildman–Crippen LogP) is 3.08. The fourth-order valence-electron chi connectivity index (χ4n) is 0.621. The number of halogens is 4. The Morgan fingerprint density at radius 1 is 1.29 bits per heavy atom. The van der Waals surface area contributed by atoms with E-state index in [1.165, 1.54) is 0 Å². The molecule has 0 fully saturated rings. The Morgan fingerprint density at radius 2 is 1.71 bits per heavy atom. The van der Waals surface area contributed by atoms with Crippen molar-refractivity contribution in [3.63, 3.8) is 0 Å². The molecular weight excluding hydrogens is 205 g/mol. The first kappa shape index (κ1) is 12.4. The highest BCUT2D eigenvalue weighted by Crippen LogP contribution is 2.21. The highest BCUT2D eigenvalue weighted by atomic mass is 19.5. The maximum atomic E-state index is 9.75. The third-order valence-electron chi connectivity index (χ3n) is 1.10. The predicted molar refractivity (Wildman–Crippen MR) is 40.9 cm³/mol. The summed E-state index contributed by atoms with van der Waals surface area (Å²) >= 11 is 0. The van der Waals surface area contributed by atoms with Crippen molar-refractivity contribution in [3.8, 4) is 0 Å². The molecule has 1 aromatic rings. The minimum atomic E-state index is -6.00. The van der Waals surface area contributed by atoms with E-state index >= 15 is 0 Å². The van der Waals surface area contributed by atoms with Crippen LogP contribution in [0.5, 0.6) is 0 Å². The fourth-order valence-corrected chi connectivity index (χ4v) is 0.621. The molecule has 9 heteroatoms. The first-order chi connectivity index (χ1) is 6.25. The number of aromatic nitrogens is 1. The summed E-state index contributed by atoms with van der Waals surface area (Å²) in [6, 6.07) is 0. The lowest BCUT2D eigenvalue weighted by molar-refractivity contribution is 0.368. The second-order valence-electron chi connectivity index (χ2n) is 2.27. The normalized spacial score (nSPS) is 10.1. The van der Waals surface area contributed by atoms with Crippen molar-refractivity contribution in [2.24, 2.45) is 0 Å². The lowest BCUT2D eigenvalue weighted by Gasteiger charge is -1.94. The van der Waals surface area contributed by atoms with E-state index in [1.54, 1.807) is 13.8 Å². The summed E-state index contributed by atoms with van der Waals surface area (Å²) in [5, 5.41) is 11.9. The molecular formula is C5H6BF4N3O. The summed E-state index contributed by atoms with van der Waals surface area (Å²) in [6.45, 7) is 3.40. The van der Waals surface area contributed by atoms with Crippen LogP contribution < -0.4 is 0 Å². The van der Waals surface area contributed by atoms with Gasteiger partial charge in [-0.1, -0.05) is 5.16 Å². The van der Waals surface area contributed by atoms with E-state index in [0.717, 1.165) is 0 Å². The van der Waals surface area contributed by atoms with Crippen molar-refractivity contribution in [3.05, 3.63) is 16.4 Å². The van der Waals surface area contributed by atoms with Gasteiger partial charge in [-0.05, 0) is 6.92 Å². The van der Waals surface area contributed by atoms with Crippen molar-refractivity contribution >= 4 is 12.9 Å². The van der Waals surface area contributed by atoms with Crippen LogP contribution in [0.1, 0.15) is 11.5 Å². The minimum absolute atomic E-state index is 0.426. The molecule has 14 heavy (non-hydrogen) atoms. The molecule has 1 heterocycles. The summed E-state index contributed by atoms with van der Waals surface area (Å²) in [6.07, 6.45) is 0. The van der Waals surface area contributed by atoms with E-state index in [0.29, 0.717) is 17.1 Å².